The second-order valence-corrected chi connectivity index (χ2v) is 17.0. The number of amides is 2. The molecule has 0 saturated carbocycles. The van der Waals surface area contributed by atoms with Crippen molar-refractivity contribution < 1.29 is 35.9 Å². The molecule has 0 aliphatic carbocycles. The molecule has 0 aromatic heterocycles. The van der Waals surface area contributed by atoms with Crippen LogP contribution in [-0.4, -0.2) is 83.2 Å². The first-order valence-corrected chi connectivity index (χ1v) is 17.2. The molecule has 0 aliphatic rings. The highest BCUT2D eigenvalue weighted by Crippen LogP contribution is 2.23. The van der Waals surface area contributed by atoms with E-state index in [4.69, 9.17) is 32.7 Å². The highest BCUT2D eigenvalue weighted by Gasteiger charge is 2.20. The van der Waals surface area contributed by atoms with Crippen molar-refractivity contribution in [2.24, 2.45) is 5.10 Å². The van der Waals surface area contributed by atoms with E-state index in [1.54, 1.807) is 47.6 Å². The molecule has 0 spiro atoms. The van der Waals surface area contributed by atoms with E-state index in [-0.39, 0.29) is 26.4 Å². The Morgan fingerprint density at radius 1 is 0.783 bits per heavy atom. The van der Waals surface area contributed by atoms with Crippen LogP contribution in [-0.2, 0) is 36.1 Å². The van der Waals surface area contributed by atoms with Crippen molar-refractivity contribution >= 4 is 61.6 Å². The molecule has 2 aromatic rings. The second-order valence-electron chi connectivity index (χ2n) is 11.9. The molecule has 0 saturated heterocycles. The van der Waals surface area contributed by atoms with Gasteiger partial charge in [-0.05, 0) is 71.4 Å². The lowest BCUT2D eigenvalue weighted by Gasteiger charge is -2.20. The Morgan fingerprint density at radius 3 is 1.67 bits per heavy atom. The molecule has 14 nitrogen and oxygen atoms in total. The van der Waals surface area contributed by atoms with Crippen LogP contribution in [0.15, 0.2) is 51.3 Å². The lowest BCUT2D eigenvalue weighted by atomic mass is 10.2. The number of hydrogen-bond donors (Lipinski definition) is 3. The Labute approximate surface area is 281 Å². The topological polar surface area (TPSA) is 176 Å². The van der Waals surface area contributed by atoms with Gasteiger partial charge in [-0.15, -0.1) is 0 Å². The molecule has 0 bridgehead atoms. The van der Waals surface area contributed by atoms with Gasteiger partial charge in [0.05, 0.1) is 21.0 Å². The fourth-order valence-corrected chi connectivity index (χ4v) is 5.46. The third-order valence-electron chi connectivity index (χ3n) is 5.18. The van der Waals surface area contributed by atoms with Gasteiger partial charge in [-0.25, -0.2) is 45.9 Å². The lowest BCUT2D eigenvalue weighted by Crippen LogP contribution is -2.40. The molecule has 258 valence electrons. The van der Waals surface area contributed by atoms with Crippen LogP contribution in [0.25, 0.3) is 0 Å². The minimum Gasteiger partial charge on any atom is -0.443 e. The number of benzene rings is 2. The maximum absolute atomic E-state index is 12.0. The fourth-order valence-electron chi connectivity index (χ4n) is 3.00. The van der Waals surface area contributed by atoms with E-state index >= 15 is 0 Å². The molecular weight excluding hydrogens is 683 g/mol. The van der Waals surface area contributed by atoms with Crippen LogP contribution in [0, 0.1) is 0 Å². The maximum Gasteiger partial charge on any atom is 0.428 e. The predicted octanol–water partition coefficient (Wildman–Crippen LogP) is 4.57. The first kappa shape index (κ1) is 41.0. The number of hydrazone groups is 1. The zero-order valence-corrected chi connectivity index (χ0v) is 30.6. The third kappa shape index (κ3) is 13.8. The predicted molar refractivity (Wildman–Crippen MR) is 178 cm³/mol. The van der Waals surface area contributed by atoms with Gasteiger partial charge in [-0.3, -0.25) is 5.43 Å². The Bertz CT molecular complexity index is 1620. The number of carbonyl (C=O) groups is 2. The van der Waals surface area contributed by atoms with E-state index in [2.05, 4.69) is 21.4 Å². The molecule has 46 heavy (non-hydrogen) atoms. The largest absolute Gasteiger partial charge is 0.443 e. The average Bonchev–Trinajstić information content (AvgIpc) is 2.88. The summed E-state index contributed by atoms with van der Waals surface area (Å²) in [6.07, 6.45) is -0.00435. The summed E-state index contributed by atoms with van der Waals surface area (Å²) < 4.78 is 60.3. The monoisotopic (exact) mass is 724 g/mol. The molecule has 2 amide bonds. The number of hydrogen-bond acceptors (Lipinski definition) is 10. The van der Waals surface area contributed by atoms with E-state index < -0.39 is 43.4 Å². The molecule has 0 atom stereocenters. The molecule has 2 aromatic carbocycles. The van der Waals surface area contributed by atoms with Crippen LogP contribution in [0.4, 0.5) is 9.59 Å². The number of ether oxygens (including phenoxy) is 2. The average molecular weight is 726 g/mol. The first-order valence-electron chi connectivity index (χ1n) is 13.5. The quantitative estimate of drug-likeness (QED) is 0.247. The Kier molecular flexibility index (Phi) is 14.9. The summed E-state index contributed by atoms with van der Waals surface area (Å²) in [5.74, 6) is 0. The molecule has 0 aliphatic heterocycles. The van der Waals surface area contributed by atoms with Crippen molar-refractivity contribution in [3.63, 3.8) is 0 Å². The zero-order chi connectivity index (χ0) is 35.7. The normalized spacial score (nSPS) is 12.5. The fraction of sp³-hybridized carbons (Fsp3) is 0.464. The van der Waals surface area contributed by atoms with Gasteiger partial charge in [-0.2, -0.15) is 5.10 Å². The van der Waals surface area contributed by atoms with Gasteiger partial charge in [0.25, 0.3) is 0 Å². The van der Waals surface area contributed by atoms with Crippen molar-refractivity contribution in [3.8, 4) is 0 Å². The van der Waals surface area contributed by atoms with E-state index in [0.29, 0.717) is 11.1 Å². The van der Waals surface area contributed by atoms with Gasteiger partial charge in [-0.1, -0.05) is 35.3 Å². The van der Waals surface area contributed by atoms with Gasteiger partial charge >= 0.3 is 12.2 Å². The van der Waals surface area contributed by atoms with Gasteiger partial charge in [0.15, 0.2) is 0 Å². The van der Waals surface area contributed by atoms with Crippen molar-refractivity contribution in [1.82, 2.24) is 24.9 Å². The van der Waals surface area contributed by atoms with Crippen LogP contribution < -0.4 is 16.3 Å². The Morgan fingerprint density at radius 2 is 1.24 bits per heavy atom. The van der Waals surface area contributed by atoms with E-state index in [1.165, 1.54) is 64.7 Å². The Hall–Kier alpha value is -2.99. The lowest BCUT2D eigenvalue weighted by molar-refractivity contribution is 0.0493. The summed E-state index contributed by atoms with van der Waals surface area (Å²) in [5, 5.41) is 4.20. The summed E-state index contributed by atoms with van der Waals surface area (Å²) in [6, 6.07) is 8.66. The molecule has 0 unspecified atom stereocenters. The number of sulfonamides is 2. The number of halogens is 2. The van der Waals surface area contributed by atoms with Gasteiger partial charge < -0.3 is 9.47 Å². The highest BCUT2D eigenvalue weighted by molar-refractivity contribution is 7.89. The summed E-state index contributed by atoms with van der Waals surface area (Å²) in [5.41, 5.74) is 7.14. The highest BCUT2D eigenvalue weighted by atomic mass is 35.5. The summed E-state index contributed by atoms with van der Waals surface area (Å²) >= 11 is 12.1. The summed E-state index contributed by atoms with van der Waals surface area (Å²) in [4.78, 5) is 23.1. The summed E-state index contributed by atoms with van der Waals surface area (Å²) in [6.45, 7) is 10.7. The van der Waals surface area contributed by atoms with Crippen LogP contribution in [0.1, 0.15) is 52.7 Å². The summed E-state index contributed by atoms with van der Waals surface area (Å²) in [7, 11) is -1.32. The molecule has 18 heteroatoms. The second kappa shape index (κ2) is 16.7. The molecule has 2 rings (SSSR count). The van der Waals surface area contributed by atoms with Gasteiger partial charge in [0, 0.05) is 45.3 Å². The van der Waals surface area contributed by atoms with Crippen LogP contribution in [0.3, 0.4) is 0 Å². The van der Waals surface area contributed by atoms with Crippen molar-refractivity contribution in [1.29, 1.82) is 0 Å². The van der Waals surface area contributed by atoms with Gasteiger partial charge in [0.1, 0.15) is 11.2 Å². The number of hydrazine groups is 1. The first-order chi connectivity index (χ1) is 20.9. The number of nitrogens with one attached hydrogen (secondary N) is 3. The molecule has 3 N–H and O–H groups in total. The molecule has 0 heterocycles. The van der Waals surface area contributed by atoms with Crippen LogP contribution >= 0.6 is 23.2 Å². The van der Waals surface area contributed by atoms with E-state index in [1.807, 2.05) is 0 Å². The Balaban J connectivity index is 0.000000460. The standard InChI is InChI=1S/C14H22ClN3O4S.C14H20ClN3O4S/c2*1-14(2,3)22-13(19)17-16-9-10-6-7-11(8-12(10)15)23(20,21)18(4)5/h6-8,16H,9H2,1-5H3,(H,17,19);6-9H,1-5H3,(H,17,19)/b;16-9+. The maximum atomic E-state index is 12.0. The third-order valence-corrected chi connectivity index (χ3v) is 9.48. The number of nitrogens with zero attached hydrogens (tertiary/aromatic N) is 3. The molecule has 0 radical (unpaired) electrons. The van der Waals surface area contributed by atoms with E-state index in [9.17, 15) is 26.4 Å². The van der Waals surface area contributed by atoms with Gasteiger partial charge in [0.2, 0.25) is 20.0 Å². The van der Waals surface area contributed by atoms with Crippen molar-refractivity contribution in [3.05, 3.63) is 57.6 Å². The SMILES string of the molecule is CN(C)S(=O)(=O)c1ccc(/C=N/NC(=O)OC(C)(C)C)c(Cl)c1.CN(C)S(=O)(=O)c1ccc(CNNC(=O)OC(C)(C)C)c(Cl)c1. The number of rotatable bonds is 9. The smallest absolute Gasteiger partial charge is 0.428 e. The molecule has 0 fully saturated rings. The zero-order valence-electron chi connectivity index (χ0n) is 27.4. The van der Waals surface area contributed by atoms with Crippen molar-refractivity contribution in [2.75, 3.05) is 28.2 Å². The van der Waals surface area contributed by atoms with E-state index in [0.717, 1.165) is 8.61 Å². The minimum atomic E-state index is -3.56. The minimum absolute atomic E-state index is 0.0738. The molecular formula is C28H42Cl2N6O8S2. The van der Waals surface area contributed by atoms with Crippen LogP contribution in [0.5, 0.6) is 0 Å². The van der Waals surface area contributed by atoms with Crippen molar-refractivity contribution in [2.45, 2.75) is 69.1 Å². The van der Waals surface area contributed by atoms with Crippen LogP contribution in [0.2, 0.25) is 10.0 Å². The number of carbonyl (C=O) groups excluding carboxylic acids is 2.